The fraction of sp³-hybridized carbons (Fsp3) is 0.469. The molecule has 0 amide bonds. The molecule has 3 aliphatic rings. The van der Waals surface area contributed by atoms with E-state index < -0.39 is 0 Å². The van der Waals surface area contributed by atoms with Crippen LogP contribution >= 0.6 is 0 Å². The lowest BCUT2D eigenvalue weighted by molar-refractivity contribution is -0.104. The van der Waals surface area contributed by atoms with Crippen LogP contribution in [0.25, 0.3) is 10.8 Å². The van der Waals surface area contributed by atoms with Crippen molar-refractivity contribution in [2.24, 2.45) is 0 Å². The van der Waals surface area contributed by atoms with Gasteiger partial charge in [-0.05, 0) is 57.2 Å². The number of carbonyl (C=O) groups is 1. The largest absolute Gasteiger partial charge is 0.508 e. The monoisotopic (exact) mass is 556 g/mol. The van der Waals surface area contributed by atoms with Crippen LogP contribution in [0, 0.1) is 0 Å². The number of aldehydes is 1. The van der Waals surface area contributed by atoms with Crippen molar-refractivity contribution in [2.45, 2.75) is 51.7 Å². The van der Waals surface area contributed by atoms with Crippen molar-refractivity contribution in [3.8, 4) is 11.8 Å². The zero-order valence-electron chi connectivity index (χ0n) is 24.1. The van der Waals surface area contributed by atoms with Crippen LogP contribution < -0.4 is 14.5 Å². The van der Waals surface area contributed by atoms with E-state index in [1.54, 1.807) is 6.08 Å². The first-order valence-electron chi connectivity index (χ1n) is 14.9. The zero-order valence-corrected chi connectivity index (χ0v) is 24.1. The lowest BCUT2D eigenvalue weighted by atomic mass is 10.0. The van der Waals surface area contributed by atoms with Crippen LogP contribution in [0.4, 0.5) is 11.5 Å². The first-order valence-corrected chi connectivity index (χ1v) is 14.9. The third kappa shape index (κ3) is 5.81. The summed E-state index contributed by atoms with van der Waals surface area (Å²) in [6.07, 6.45) is 7.38. The van der Waals surface area contributed by atoms with E-state index >= 15 is 0 Å². The summed E-state index contributed by atoms with van der Waals surface area (Å²) in [6, 6.07) is 13.2. The van der Waals surface area contributed by atoms with Crippen molar-refractivity contribution in [1.82, 2.24) is 19.8 Å². The lowest BCUT2D eigenvalue weighted by Gasteiger charge is -2.38. The second-order valence-corrected chi connectivity index (χ2v) is 11.6. The molecule has 2 saturated heterocycles. The molecule has 2 aromatic carbocycles. The maximum atomic E-state index is 10.8. The molecule has 216 valence electrons. The Bertz CT molecular complexity index is 1420. The molecule has 41 heavy (non-hydrogen) atoms. The number of anilines is 2. The number of phenols is 1. The summed E-state index contributed by atoms with van der Waals surface area (Å²) in [7, 11) is 0. The minimum absolute atomic E-state index is 0.268. The van der Waals surface area contributed by atoms with E-state index in [0.717, 1.165) is 86.4 Å². The highest BCUT2D eigenvalue weighted by atomic mass is 16.5. The Morgan fingerprint density at radius 2 is 1.88 bits per heavy atom. The Labute approximate surface area is 242 Å². The Morgan fingerprint density at radius 3 is 2.68 bits per heavy atom. The number of allylic oxidation sites excluding steroid dienone is 1. The van der Waals surface area contributed by atoms with Gasteiger partial charge in [0.25, 0.3) is 0 Å². The Kier molecular flexibility index (Phi) is 7.96. The second-order valence-electron chi connectivity index (χ2n) is 11.6. The SMILES string of the molecule is CC(C)N1CCC[C@@H]1COc1nc2c(c(N3CCN(C=CC=O)CC3)n1)CCN(c1cc(O)cc3ccccc13)C2. The number of aromatic nitrogens is 2. The average molecular weight is 557 g/mol. The smallest absolute Gasteiger partial charge is 0.318 e. The van der Waals surface area contributed by atoms with Gasteiger partial charge in [0.1, 0.15) is 24.5 Å². The molecule has 3 aromatic rings. The maximum Gasteiger partial charge on any atom is 0.318 e. The number of benzene rings is 2. The summed E-state index contributed by atoms with van der Waals surface area (Å²) in [6.45, 7) is 10.9. The molecule has 9 nitrogen and oxygen atoms in total. The van der Waals surface area contributed by atoms with Crippen LogP contribution in [0.1, 0.15) is 37.9 Å². The fourth-order valence-electron chi connectivity index (χ4n) is 6.58. The predicted molar refractivity (Wildman–Crippen MR) is 162 cm³/mol. The first kappa shape index (κ1) is 27.3. The zero-order chi connectivity index (χ0) is 28.3. The number of fused-ring (bicyclic) bond motifs is 2. The minimum atomic E-state index is 0.268. The van der Waals surface area contributed by atoms with E-state index in [1.807, 2.05) is 36.5 Å². The fourth-order valence-corrected chi connectivity index (χ4v) is 6.58. The number of nitrogens with zero attached hydrogens (tertiary/aromatic N) is 6. The van der Waals surface area contributed by atoms with Gasteiger partial charge in [0.15, 0.2) is 0 Å². The van der Waals surface area contributed by atoms with Crippen LogP contribution in [-0.4, -0.2) is 89.1 Å². The number of hydrogen-bond donors (Lipinski definition) is 1. The number of aromatic hydroxyl groups is 1. The summed E-state index contributed by atoms with van der Waals surface area (Å²) >= 11 is 0. The molecule has 4 heterocycles. The van der Waals surface area contributed by atoms with Crippen molar-refractivity contribution < 1.29 is 14.6 Å². The molecule has 1 atom stereocenters. The number of phenolic OH excluding ortho intramolecular Hbond substituents is 1. The number of likely N-dealkylation sites (tertiary alicyclic amines) is 1. The highest BCUT2D eigenvalue weighted by Crippen LogP contribution is 2.36. The van der Waals surface area contributed by atoms with Crippen molar-refractivity contribution >= 4 is 28.6 Å². The summed E-state index contributed by atoms with van der Waals surface area (Å²) < 4.78 is 6.36. The van der Waals surface area contributed by atoms with E-state index in [2.05, 4.69) is 39.5 Å². The molecule has 1 aromatic heterocycles. The number of piperazine rings is 1. The standard InChI is InChI=1S/C32H40N6O3/c1-23(2)38-12-5-8-25(38)22-41-32-33-29-21-37(30-20-26(40)19-24-7-3-4-9-27(24)30)13-10-28(29)31(34-32)36-16-14-35(15-17-36)11-6-18-39/h3-4,6-7,9,11,18-20,23,25,40H,5,8,10,12-17,21-22H2,1-2H3/t25-/m1/s1. The van der Waals surface area contributed by atoms with Crippen LogP contribution in [-0.2, 0) is 17.8 Å². The molecule has 9 heteroatoms. The number of carbonyl (C=O) groups excluding carboxylic acids is 1. The maximum absolute atomic E-state index is 10.8. The minimum Gasteiger partial charge on any atom is -0.508 e. The van der Waals surface area contributed by atoms with E-state index in [4.69, 9.17) is 14.7 Å². The summed E-state index contributed by atoms with van der Waals surface area (Å²) in [4.78, 5) is 30.1. The normalized spacial score (nSPS) is 19.9. The van der Waals surface area contributed by atoms with Crippen LogP contribution in [0.5, 0.6) is 11.8 Å². The lowest BCUT2D eigenvalue weighted by Crippen LogP contribution is -2.45. The van der Waals surface area contributed by atoms with Crippen molar-refractivity contribution in [3.63, 3.8) is 0 Å². The van der Waals surface area contributed by atoms with Gasteiger partial charge in [-0.15, -0.1) is 0 Å². The van der Waals surface area contributed by atoms with Gasteiger partial charge >= 0.3 is 6.01 Å². The highest BCUT2D eigenvalue weighted by Gasteiger charge is 2.30. The molecule has 1 N–H and O–H groups in total. The van der Waals surface area contributed by atoms with Gasteiger partial charge in [-0.3, -0.25) is 9.69 Å². The van der Waals surface area contributed by atoms with Gasteiger partial charge in [0.05, 0.1) is 12.2 Å². The molecule has 0 aliphatic carbocycles. The van der Waals surface area contributed by atoms with Gasteiger partial charge in [-0.25, -0.2) is 0 Å². The van der Waals surface area contributed by atoms with Gasteiger partial charge < -0.3 is 24.5 Å². The topological polar surface area (TPSA) is 85.3 Å². The average Bonchev–Trinajstić information content (AvgIpc) is 3.47. The van der Waals surface area contributed by atoms with Crippen LogP contribution in [0.3, 0.4) is 0 Å². The van der Waals surface area contributed by atoms with Crippen LogP contribution in [0.15, 0.2) is 48.7 Å². The quantitative estimate of drug-likeness (QED) is 0.327. The highest BCUT2D eigenvalue weighted by molar-refractivity contribution is 5.95. The van der Waals surface area contributed by atoms with Gasteiger partial charge in [-0.2, -0.15) is 9.97 Å². The van der Waals surface area contributed by atoms with Crippen molar-refractivity contribution in [3.05, 3.63) is 59.9 Å². The van der Waals surface area contributed by atoms with Gasteiger partial charge in [-0.1, -0.05) is 24.3 Å². The van der Waals surface area contributed by atoms with E-state index in [-0.39, 0.29) is 5.75 Å². The number of ether oxygens (including phenoxy) is 1. The predicted octanol–water partition coefficient (Wildman–Crippen LogP) is 3.98. The molecule has 6 rings (SSSR count). The molecule has 0 bridgehead atoms. The third-order valence-corrected chi connectivity index (χ3v) is 8.67. The van der Waals surface area contributed by atoms with Crippen molar-refractivity contribution in [1.29, 1.82) is 0 Å². The molecule has 0 radical (unpaired) electrons. The van der Waals surface area contributed by atoms with E-state index in [9.17, 15) is 9.90 Å². The molecule has 3 aliphatic heterocycles. The Morgan fingerprint density at radius 1 is 1.05 bits per heavy atom. The van der Waals surface area contributed by atoms with E-state index in [0.29, 0.717) is 31.2 Å². The second kappa shape index (κ2) is 11.9. The molecule has 0 unspecified atom stereocenters. The third-order valence-electron chi connectivity index (χ3n) is 8.67. The Balaban J connectivity index is 1.30. The Hall–Kier alpha value is -3.85. The van der Waals surface area contributed by atoms with Gasteiger partial charge in [0, 0.05) is 73.7 Å². The molecular formula is C32H40N6O3. The molecular weight excluding hydrogens is 516 g/mol. The van der Waals surface area contributed by atoms with Gasteiger partial charge in [0.2, 0.25) is 0 Å². The van der Waals surface area contributed by atoms with E-state index in [1.165, 1.54) is 12.0 Å². The molecule has 0 saturated carbocycles. The van der Waals surface area contributed by atoms with Crippen LogP contribution in [0.2, 0.25) is 0 Å². The number of rotatable bonds is 8. The summed E-state index contributed by atoms with van der Waals surface area (Å²) in [5.74, 6) is 1.24. The summed E-state index contributed by atoms with van der Waals surface area (Å²) in [5.41, 5.74) is 3.18. The number of hydrogen-bond acceptors (Lipinski definition) is 9. The first-order chi connectivity index (χ1) is 20.0. The summed E-state index contributed by atoms with van der Waals surface area (Å²) in [5, 5.41) is 12.6. The van der Waals surface area contributed by atoms with Crippen molar-refractivity contribution in [2.75, 3.05) is 55.7 Å². The molecule has 0 spiro atoms. The molecule has 2 fully saturated rings.